The Morgan fingerprint density at radius 3 is 2.93 bits per heavy atom. The Hall–Kier alpha value is -1.86. The molecular weight excluding hydrogens is 180 g/mol. The summed E-state index contributed by atoms with van der Waals surface area (Å²) in [7, 11) is 1.27. The number of benzene rings is 1. The smallest absolute Gasteiger partial charge is 0.327 e. The zero-order valence-corrected chi connectivity index (χ0v) is 7.73. The molecule has 0 aromatic heterocycles. The number of ether oxygens (including phenoxy) is 1. The van der Waals surface area contributed by atoms with Gasteiger partial charge in [-0.25, -0.2) is 0 Å². The van der Waals surface area contributed by atoms with Gasteiger partial charge in [-0.05, 0) is 17.7 Å². The van der Waals surface area contributed by atoms with Crippen LogP contribution in [0.5, 0.6) is 0 Å². The summed E-state index contributed by atoms with van der Waals surface area (Å²) in [6, 6.07) is 7.72. The van der Waals surface area contributed by atoms with E-state index in [-0.39, 0.29) is 0 Å². The van der Waals surface area contributed by atoms with Crippen molar-refractivity contribution in [1.29, 1.82) is 5.26 Å². The highest BCUT2D eigenvalue weighted by Gasteiger charge is 2.15. The maximum absolute atomic E-state index is 11.1. The summed E-state index contributed by atoms with van der Waals surface area (Å²) in [6.07, 6.45) is 0. The van der Waals surface area contributed by atoms with Crippen molar-refractivity contribution in [2.45, 2.75) is 6.04 Å². The number of nitriles is 1. The van der Waals surface area contributed by atoms with Crippen molar-refractivity contribution in [2.75, 3.05) is 7.11 Å². The molecule has 0 spiro atoms. The van der Waals surface area contributed by atoms with Crippen LogP contribution in [-0.4, -0.2) is 13.1 Å². The molecule has 1 unspecified atom stereocenters. The molecule has 0 bridgehead atoms. The van der Waals surface area contributed by atoms with Gasteiger partial charge in [0.1, 0.15) is 6.04 Å². The van der Waals surface area contributed by atoms with Crippen molar-refractivity contribution in [3.05, 3.63) is 35.4 Å². The SMILES string of the molecule is COC(=O)C(N)c1cccc(C#N)c1. The van der Waals surface area contributed by atoms with Gasteiger partial charge in [-0.1, -0.05) is 12.1 Å². The van der Waals surface area contributed by atoms with Gasteiger partial charge in [-0.15, -0.1) is 0 Å². The fourth-order valence-electron chi connectivity index (χ4n) is 1.06. The molecule has 0 aliphatic heterocycles. The monoisotopic (exact) mass is 190 g/mol. The van der Waals surface area contributed by atoms with E-state index in [1.165, 1.54) is 7.11 Å². The Balaban J connectivity index is 2.96. The van der Waals surface area contributed by atoms with E-state index < -0.39 is 12.0 Å². The molecule has 4 nitrogen and oxygen atoms in total. The highest BCUT2D eigenvalue weighted by Crippen LogP contribution is 2.13. The first-order valence-corrected chi connectivity index (χ1v) is 4.02. The van der Waals surface area contributed by atoms with E-state index >= 15 is 0 Å². The zero-order chi connectivity index (χ0) is 10.6. The maximum atomic E-state index is 11.1. The quantitative estimate of drug-likeness (QED) is 0.697. The summed E-state index contributed by atoms with van der Waals surface area (Å²) in [5.41, 5.74) is 6.64. The first kappa shape index (κ1) is 10.2. The predicted molar refractivity (Wildman–Crippen MR) is 50.1 cm³/mol. The number of carbonyl (C=O) groups is 1. The summed E-state index contributed by atoms with van der Waals surface area (Å²) in [5, 5.41) is 8.63. The van der Waals surface area contributed by atoms with Gasteiger partial charge >= 0.3 is 5.97 Å². The van der Waals surface area contributed by atoms with Crippen LogP contribution in [0, 0.1) is 11.3 Å². The molecule has 0 aliphatic rings. The van der Waals surface area contributed by atoms with Gasteiger partial charge in [0.2, 0.25) is 0 Å². The molecule has 0 saturated heterocycles. The lowest BCUT2D eigenvalue weighted by Gasteiger charge is -2.08. The van der Waals surface area contributed by atoms with E-state index in [2.05, 4.69) is 4.74 Å². The Morgan fingerprint density at radius 1 is 1.64 bits per heavy atom. The second-order valence-electron chi connectivity index (χ2n) is 2.74. The first-order valence-electron chi connectivity index (χ1n) is 4.02. The van der Waals surface area contributed by atoms with Crippen molar-refractivity contribution in [2.24, 2.45) is 5.73 Å². The van der Waals surface area contributed by atoms with Crippen LogP contribution in [0.3, 0.4) is 0 Å². The summed E-state index contributed by atoms with van der Waals surface area (Å²) >= 11 is 0. The Labute approximate surface area is 81.9 Å². The summed E-state index contributed by atoms with van der Waals surface area (Å²) in [6.45, 7) is 0. The van der Waals surface area contributed by atoms with Gasteiger partial charge in [0, 0.05) is 0 Å². The third-order valence-electron chi connectivity index (χ3n) is 1.83. The predicted octanol–water partition coefficient (Wildman–Crippen LogP) is 0.731. The minimum atomic E-state index is -0.826. The molecule has 0 saturated carbocycles. The summed E-state index contributed by atoms with van der Waals surface area (Å²) in [4.78, 5) is 11.1. The van der Waals surface area contributed by atoms with Gasteiger partial charge in [-0.3, -0.25) is 4.79 Å². The molecule has 1 aromatic rings. The normalized spacial score (nSPS) is 11.5. The molecule has 1 rings (SSSR count). The van der Waals surface area contributed by atoms with Gasteiger partial charge in [0.25, 0.3) is 0 Å². The molecule has 1 aromatic carbocycles. The Kier molecular flexibility index (Phi) is 3.21. The van der Waals surface area contributed by atoms with Crippen LogP contribution in [0.15, 0.2) is 24.3 Å². The van der Waals surface area contributed by atoms with Gasteiger partial charge in [-0.2, -0.15) is 5.26 Å². The van der Waals surface area contributed by atoms with Crippen molar-refractivity contribution in [1.82, 2.24) is 0 Å². The van der Waals surface area contributed by atoms with Crippen LogP contribution in [0.25, 0.3) is 0 Å². The topological polar surface area (TPSA) is 76.1 Å². The third-order valence-corrected chi connectivity index (χ3v) is 1.83. The van der Waals surface area contributed by atoms with E-state index in [4.69, 9.17) is 11.0 Å². The van der Waals surface area contributed by atoms with Crippen LogP contribution in [-0.2, 0) is 9.53 Å². The number of carbonyl (C=O) groups excluding carboxylic acids is 1. The van der Waals surface area contributed by atoms with Gasteiger partial charge in [0.05, 0.1) is 18.7 Å². The number of methoxy groups -OCH3 is 1. The van der Waals surface area contributed by atoms with Gasteiger partial charge < -0.3 is 10.5 Å². The molecule has 0 amide bonds. The molecule has 4 heteroatoms. The van der Waals surface area contributed by atoms with Crippen LogP contribution >= 0.6 is 0 Å². The molecular formula is C10H10N2O2. The molecule has 72 valence electrons. The number of hydrogen-bond acceptors (Lipinski definition) is 4. The summed E-state index contributed by atoms with van der Waals surface area (Å²) < 4.78 is 4.49. The molecule has 0 heterocycles. The average molecular weight is 190 g/mol. The first-order chi connectivity index (χ1) is 6.69. The fourth-order valence-corrected chi connectivity index (χ4v) is 1.06. The van der Waals surface area contributed by atoms with Crippen molar-refractivity contribution in [3.63, 3.8) is 0 Å². The Bertz CT molecular complexity index is 382. The Morgan fingerprint density at radius 2 is 2.36 bits per heavy atom. The highest BCUT2D eigenvalue weighted by atomic mass is 16.5. The lowest BCUT2D eigenvalue weighted by Crippen LogP contribution is -2.22. The van der Waals surface area contributed by atoms with Crippen molar-refractivity contribution in [3.8, 4) is 6.07 Å². The average Bonchev–Trinajstić information content (AvgIpc) is 2.27. The van der Waals surface area contributed by atoms with Crippen LogP contribution in [0.1, 0.15) is 17.2 Å². The lowest BCUT2D eigenvalue weighted by atomic mass is 10.1. The number of hydrogen-bond donors (Lipinski definition) is 1. The number of esters is 1. The lowest BCUT2D eigenvalue weighted by molar-refractivity contribution is -0.142. The van der Waals surface area contributed by atoms with E-state index in [9.17, 15) is 4.79 Å². The van der Waals surface area contributed by atoms with Crippen LogP contribution < -0.4 is 5.73 Å². The van der Waals surface area contributed by atoms with E-state index in [0.29, 0.717) is 11.1 Å². The molecule has 14 heavy (non-hydrogen) atoms. The number of nitrogens with zero attached hydrogens (tertiary/aromatic N) is 1. The van der Waals surface area contributed by atoms with Crippen molar-refractivity contribution < 1.29 is 9.53 Å². The van der Waals surface area contributed by atoms with Crippen LogP contribution in [0.4, 0.5) is 0 Å². The van der Waals surface area contributed by atoms with Gasteiger partial charge in [0.15, 0.2) is 0 Å². The second kappa shape index (κ2) is 4.40. The number of rotatable bonds is 2. The maximum Gasteiger partial charge on any atom is 0.327 e. The fraction of sp³-hybridized carbons (Fsp3) is 0.200. The van der Waals surface area contributed by atoms with E-state index in [1.54, 1.807) is 24.3 Å². The number of nitrogens with two attached hydrogens (primary N) is 1. The van der Waals surface area contributed by atoms with Crippen LogP contribution in [0.2, 0.25) is 0 Å². The highest BCUT2D eigenvalue weighted by molar-refractivity contribution is 5.77. The third kappa shape index (κ3) is 2.09. The molecule has 2 N–H and O–H groups in total. The van der Waals surface area contributed by atoms with E-state index in [1.807, 2.05) is 6.07 Å². The minimum Gasteiger partial charge on any atom is -0.468 e. The summed E-state index contributed by atoms with van der Waals surface area (Å²) in [5.74, 6) is -0.514. The standard InChI is InChI=1S/C10H10N2O2/c1-14-10(13)9(12)8-4-2-3-7(5-8)6-11/h2-5,9H,12H2,1H3. The zero-order valence-electron chi connectivity index (χ0n) is 7.73. The molecule has 0 fully saturated rings. The largest absolute Gasteiger partial charge is 0.468 e. The van der Waals surface area contributed by atoms with Crippen molar-refractivity contribution >= 4 is 5.97 Å². The second-order valence-corrected chi connectivity index (χ2v) is 2.74. The minimum absolute atomic E-state index is 0.474. The molecule has 0 radical (unpaired) electrons. The molecule has 0 aliphatic carbocycles. The molecule has 1 atom stereocenters. The van der Waals surface area contributed by atoms with E-state index in [0.717, 1.165) is 0 Å².